The normalized spacial score (nSPS) is 16.9. The number of rotatable bonds is 2. The van der Waals surface area contributed by atoms with E-state index < -0.39 is 17.9 Å². The molecule has 1 N–H and O–H groups in total. The molecule has 0 aliphatic carbocycles. The highest BCUT2D eigenvalue weighted by atomic mass is 35.5. The van der Waals surface area contributed by atoms with E-state index in [1.54, 1.807) is 35.8 Å². The largest absolute Gasteiger partial charge is 0.480 e. The molecule has 0 saturated heterocycles. The van der Waals surface area contributed by atoms with Crippen LogP contribution in [0.25, 0.3) is 11.0 Å². The van der Waals surface area contributed by atoms with Gasteiger partial charge in [-0.15, -0.1) is 10.2 Å². The number of aliphatic carboxylic acids is 1. The number of amides is 1. The molecule has 0 spiro atoms. The van der Waals surface area contributed by atoms with E-state index in [2.05, 4.69) is 10.2 Å². The van der Waals surface area contributed by atoms with Crippen LogP contribution in [0, 0.1) is 6.92 Å². The highest BCUT2D eigenvalue weighted by Gasteiger charge is 2.37. The van der Waals surface area contributed by atoms with Gasteiger partial charge in [0, 0.05) is 10.4 Å². The minimum atomic E-state index is -1.09. The van der Waals surface area contributed by atoms with Gasteiger partial charge in [0.05, 0.1) is 13.1 Å². The van der Waals surface area contributed by atoms with Crippen molar-refractivity contribution >= 4 is 34.4 Å². The number of halogens is 1. The fraction of sp³-hybridized carbons (Fsp3) is 0.250. The molecule has 1 amide bonds. The molecule has 1 atom stereocenters. The number of benzene rings is 1. The van der Waals surface area contributed by atoms with Gasteiger partial charge in [0.2, 0.25) is 0 Å². The number of hydrogen-bond acceptors (Lipinski definition) is 5. The number of nitrogens with zero attached hydrogens (tertiary/aromatic N) is 4. The minimum absolute atomic E-state index is 0.0500. The number of carboxylic acids is 1. The average molecular weight is 361 g/mol. The van der Waals surface area contributed by atoms with Crippen molar-refractivity contribution in [1.29, 1.82) is 0 Å². The first-order valence-corrected chi connectivity index (χ1v) is 7.93. The number of furan rings is 1. The van der Waals surface area contributed by atoms with Crippen molar-refractivity contribution in [3.05, 3.63) is 46.7 Å². The van der Waals surface area contributed by atoms with Gasteiger partial charge in [-0.1, -0.05) is 11.6 Å². The third kappa shape index (κ3) is 2.54. The molecular weight excluding hydrogens is 348 g/mol. The second-order valence-electron chi connectivity index (χ2n) is 5.85. The van der Waals surface area contributed by atoms with E-state index >= 15 is 0 Å². The Labute approximate surface area is 146 Å². The van der Waals surface area contributed by atoms with Crippen molar-refractivity contribution in [3.63, 3.8) is 0 Å². The highest BCUT2D eigenvalue weighted by molar-refractivity contribution is 6.31. The summed E-state index contributed by atoms with van der Waals surface area (Å²) in [7, 11) is 0. The first-order chi connectivity index (χ1) is 11.9. The molecular formula is C16H13ClN4O4. The summed E-state index contributed by atoms with van der Waals surface area (Å²) in [5.74, 6) is -0.375. The molecule has 2 aromatic heterocycles. The van der Waals surface area contributed by atoms with E-state index in [1.165, 1.54) is 4.90 Å². The number of fused-ring (bicyclic) bond motifs is 2. The third-order valence-electron chi connectivity index (χ3n) is 4.29. The zero-order chi connectivity index (χ0) is 17.7. The lowest BCUT2D eigenvalue weighted by molar-refractivity contribution is -0.143. The topological polar surface area (TPSA) is 101 Å². The molecule has 1 unspecified atom stereocenters. The van der Waals surface area contributed by atoms with E-state index in [0.29, 0.717) is 27.6 Å². The first-order valence-electron chi connectivity index (χ1n) is 7.55. The molecule has 9 heteroatoms. The maximum Gasteiger partial charge on any atom is 0.328 e. The van der Waals surface area contributed by atoms with Crippen molar-refractivity contribution in [3.8, 4) is 0 Å². The van der Waals surface area contributed by atoms with E-state index in [-0.39, 0.29) is 18.8 Å². The summed E-state index contributed by atoms with van der Waals surface area (Å²) < 4.78 is 7.28. The Hall–Kier alpha value is -2.87. The number of carboxylic acid groups (broad SMARTS) is 1. The fourth-order valence-corrected chi connectivity index (χ4v) is 3.18. The molecule has 0 fully saturated rings. The van der Waals surface area contributed by atoms with Gasteiger partial charge in [-0.2, -0.15) is 0 Å². The average Bonchev–Trinajstić information content (AvgIpc) is 3.16. The van der Waals surface area contributed by atoms with Gasteiger partial charge in [-0.05, 0) is 31.2 Å². The van der Waals surface area contributed by atoms with Crippen molar-refractivity contribution < 1.29 is 19.1 Å². The Kier molecular flexibility index (Phi) is 3.50. The van der Waals surface area contributed by atoms with Crippen LogP contribution in [0.15, 0.2) is 28.7 Å². The van der Waals surface area contributed by atoms with Gasteiger partial charge in [0.1, 0.15) is 17.4 Å². The Balaban J connectivity index is 1.72. The van der Waals surface area contributed by atoms with Gasteiger partial charge in [-0.25, -0.2) is 4.79 Å². The molecule has 1 aliphatic heterocycles. The van der Waals surface area contributed by atoms with E-state index in [1.807, 2.05) is 0 Å². The predicted octanol–water partition coefficient (Wildman–Crippen LogP) is 2.10. The quantitative estimate of drug-likeness (QED) is 0.750. The zero-order valence-electron chi connectivity index (χ0n) is 13.1. The van der Waals surface area contributed by atoms with Crippen LogP contribution in [0.5, 0.6) is 0 Å². The van der Waals surface area contributed by atoms with Crippen molar-refractivity contribution in [2.45, 2.75) is 26.1 Å². The van der Waals surface area contributed by atoms with Crippen LogP contribution in [-0.4, -0.2) is 42.7 Å². The molecule has 4 rings (SSSR count). The molecule has 3 aromatic rings. The second kappa shape index (κ2) is 5.59. The highest BCUT2D eigenvalue weighted by Crippen LogP contribution is 2.26. The van der Waals surface area contributed by atoms with Crippen LogP contribution >= 0.6 is 11.6 Å². The maximum atomic E-state index is 12.9. The number of carbonyl (C=O) groups is 2. The Morgan fingerprint density at radius 3 is 2.88 bits per heavy atom. The summed E-state index contributed by atoms with van der Waals surface area (Å²) in [6.07, 6.45) is 0. The lowest BCUT2D eigenvalue weighted by atomic mass is 10.1. The number of aromatic nitrogens is 3. The molecule has 3 heterocycles. The summed E-state index contributed by atoms with van der Waals surface area (Å²) in [6, 6.07) is 5.55. The van der Waals surface area contributed by atoms with E-state index in [9.17, 15) is 14.7 Å². The summed E-state index contributed by atoms with van der Waals surface area (Å²) in [4.78, 5) is 25.8. The second-order valence-corrected chi connectivity index (χ2v) is 6.29. The molecule has 0 radical (unpaired) electrons. The van der Waals surface area contributed by atoms with Gasteiger partial charge in [0.15, 0.2) is 11.6 Å². The van der Waals surface area contributed by atoms with Crippen molar-refractivity contribution in [2.24, 2.45) is 0 Å². The molecule has 1 aromatic carbocycles. The van der Waals surface area contributed by atoms with Crippen LogP contribution in [0.2, 0.25) is 5.02 Å². The van der Waals surface area contributed by atoms with Gasteiger partial charge < -0.3 is 19.0 Å². The smallest absolute Gasteiger partial charge is 0.328 e. The molecule has 8 nitrogen and oxygen atoms in total. The van der Waals surface area contributed by atoms with Gasteiger partial charge in [-0.3, -0.25) is 4.79 Å². The maximum absolute atomic E-state index is 12.9. The summed E-state index contributed by atoms with van der Waals surface area (Å²) in [5.41, 5.74) is 0.510. The predicted molar refractivity (Wildman–Crippen MR) is 87.3 cm³/mol. The van der Waals surface area contributed by atoms with Crippen LogP contribution < -0.4 is 0 Å². The van der Waals surface area contributed by atoms with E-state index in [4.69, 9.17) is 16.0 Å². The minimum Gasteiger partial charge on any atom is -0.480 e. The van der Waals surface area contributed by atoms with Crippen LogP contribution in [-0.2, 0) is 17.9 Å². The van der Waals surface area contributed by atoms with Crippen molar-refractivity contribution in [1.82, 2.24) is 19.7 Å². The summed E-state index contributed by atoms with van der Waals surface area (Å²) >= 11 is 5.95. The van der Waals surface area contributed by atoms with Crippen LogP contribution in [0.1, 0.15) is 22.2 Å². The standard InChI is InChI=1S/C16H13ClN4O4/c1-8-18-19-14-7-21(11(16(23)24)6-20(8)14)15(22)13-5-9-4-10(17)2-3-12(9)25-13/h2-5,11H,6-7H2,1H3,(H,23,24). The van der Waals surface area contributed by atoms with E-state index in [0.717, 1.165) is 0 Å². The lowest BCUT2D eigenvalue weighted by Crippen LogP contribution is -2.50. The zero-order valence-corrected chi connectivity index (χ0v) is 13.9. The Bertz CT molecular complexity index is 1010. The first kappa shape index (κ1) is 15.6. The van der Waals surface area contributed by atoms with Crippen LogP contribution in [0.3, 0.4) is 0 Å². The summed E-state index contributed by atoms with van der Waals surface area (Å²) in [5, 5.41) is 18.7. The summed E-state index contributed by atoms with van der Waals surface area (Å²) in [6.45, 7) is 1.89. The SMILES string of the molecule is Cc1nnc2n1CC(C(=O)O)N(C(=O)c1cc3cc(Cl)ccc3o1)C2. The third-order valence-corrected chi connectivity index (χ3v) is 4.53. The van der Waals surface area contributed by atoms with Gasteiger partial charge >= 0.3 is 5.97 Å². The molecule has 0 saturated carbocycles. The lowest BCUT2D eigenvalue weighted by Gasteiger charge is -2.32. The van der Waals surface area contributed by atoms with Crippen molar-refractivity contribution in [2.75, 3.05) is 0 Å². The molecule has 0 bridgehead atoms. The molecule has 25 heavy (non-hydrogen) atoms. The molecule has 1 aliphatic rings. The van der Waals surface area contributed by atoms with Gasteiger partial charge in [0.25, 0.3) is 5.91 Å². The van der Waals surface area contributed by atoms with Crippen LogP contribution in [0.4, 0.5) is 0 Å². The Morgan fingerprint density at radius 1 is 1.32 bits per heavy atom. The number of aryl methyl sites for hydroxylation is 1. The fourth-order valence-electron chi connectivity index (χ4n) is 3.00. The monoisotopic (exact) mass is 360 g/mol. The Morgan fingerprint density at radius 2 is 2.12 bits per heavy atom. The number of hydrogen-bond donors (Lipinski definition) is 1. The molecule has 128 valence electrons. The number of carbonyl (C=O) groups excluding carboxylic acids is 1.